The SMILES string of the molecule is CSCC[C@H](NC(=O)OC(C)(C)C)C(=O)OC1Sc2ccccc2N1C(N)=O. The van der Waals surface area contributed by atoms with Gasteiger partial charge in [0.1, 0.15) is 11.6 Å². The van der Waals surface area contributed by atoms with Crippen LogP contribution in [-0.2, 0) is 14.3 Å². The number of nitrogens with two attached hydrogens (primary N) is 1. The van der Waals surface area contributed by atoms with Crippen LogP contribution in [0, 0.1) is 0 Å². The summed E-state index contributed by atoms with van der Waals surface area (Å²) in [6.07, 6.45) is 1.55. The van der Waals surface area contributed by atoms with Crippen molar-refractivity contribution in [1.82, 2.24) is 5.32 Å². The van der Waals surface area contributed by atoms with Crippen molar-refractivity contribution in [2.75, 3.05) is 16.9 Å². The Hall–Kier alpha value is -2.07. The number of carbonyl (C=O) groups is 3. The maximum atomic E-state index is 12.7. The van der Waals surface area contributed by atoms with Crippen LogP contribution in [0.4, 0.5) is 15.3 Å². The van der Waals surface area contributed by atoms with E-state index in [1.165, 1.54) is 28.4 Å². The number of hydrogen-bond acceptors (Lipinski definition) is 7. The maximum absolute atomic E-state index is 12.7. The lowest BCUT2D eigenvalue weighted by molar-refractivity contribution is -0.147. The Morgan fingerprint density at radius 3 is 2.61 bits per heavy atom. The van der Waals surface area contributed by atoms with Gasteiger partial charge in [-0.05, 0) is 51.3 Å². The number of rotatable bonds is 6. The van der Waals surface area contributed by atoms with Crippen LogP contribution in [0.1, 0.15) is 27.2 Å². The lowest BCUT2D eigenvalue weighted by Gasteiger charge is -2.26. The van der Waals surface area contributed by atoms with Gasteiger partial charge in [-0.25, -0.2) is 19.3 Å². The molecule has 2 atom stereocenters. The van der Waals surface area contributed by atoms with Gasteiger partial charge in [-0.15, -0.1) is 0 Å². The van der Waals surface area contributed by atoms with Crippen LogP contribution in [-0.4, -0.2) is 47.3 Å². The lowest BCUT2D eigenvalue weighted by Crippen LogP contribution is -2.48. The Balaban J connectivity index is 2.10. The fraction of sp³-hybridized carbons (Fsp3) is 0.500. The first-order valence-corrected chi connectivity index (χ1v) is 10.9. The molecule has 1 heterocycles. The van der Waals surface area contributed by atoms with Crippen molar-refractivity contribution >= 4 is 47.3 Å². The third-order valence-electron chi connectivity index (χ3n) is 3.60. The summed E-state index contributed by atoms with van der Waals surface area (Å²) in [5.74, 6) is -0.0240. The number of thioether (sulfide) groups is 2. The van der Waals surface area contributed by atoms with E-state index in [2.05, 4.69) is 5.32 Å². The summed E-state index contributed by atoms with van der Waals surface area (Å²) in [5, 5.41) is 2.55. The van der Waals surface area contributed by atoms with Gasteiger partial charge in [0.2, 0.25) is 5.56 Å². The second-order valence-corrected chi connectivity index (χ2v) is 9.08. The molecule has 2 rings (SSSR count). The zero-order chi connectivity index (χ0) is 20.9. The molecule has 0 spiro atoms. The van der Waals surface area contributed by atoms with E-state index in [0.717, 1.165) is 4.90 Å². The summed E-state index contributed by atoms with van der Waals surface area (Å²) in [6, 6.07) is 5.50. The molecule has 10 heteroatoms. The number of carbonyl (C=O) groups excluding carboxylic acids is 3. The smallest absolute Gasteiger partial charge is 0.408 e. The second-order valence-electron chi connectivity index (χ2n) is 7.02. The average molecular weight is 428 g/mol. The highest BCUT2D eigenvalue weighted by atomic mass is 32.2. The summed E-state index contributed by atoms with van der Waals surface area (Å²) in [6.45, 7) is 5.21. The molecule has 1 aromatic rings. The second kappa shape index (κ2) is 9.42. The first-order chi connectivity index (χ1) is 13.1. The van der Waals surface area contributed by atoms with Crippen molar-refractivity contribution in [3.05, 3.63) is 24.3 Å². The summed E-state index contributed by atoms with van der Waals surface area (Å²) < 4.78 is 10.8. The zero-order valence-electron chi connectivity index (χ0n) is 16.3. The van der Waals surface area contributed by atoms with Crippen molar-refractivity contribution in [2.45, 2.75) is 49.3 Å². The molecule has 0 bridgehead atoms. The van der Waals surface area contributed by atoms with Crippen LogP contribution < -0.4 is 16.0 Å². The molecule has 1 aliphatic heterocycles. The van der Waals surface area contributed by atoms with E-state index in [1.54, 1.807) is 32.9 Å². The van der Waals surface area contributed by atoms with Gasteiger partial charge in [-0.3, -0.25) is 0 Å². The van der Waals surface area contributed by atoms with E-state index < -0.39 is 35.3 Å². The number of esters is 1. The molecule has 1 unspecified atom stereocenters. The first-order valence-electron chi connectivity index (χ1n) is 8.65. The van der Waals surface area contributed by atoms with E-state index >= 15 is 0 Å². The van der Waals surface area contributed by atoms with Crippen molar-refractivity contribution in [3.63, 3.8) is 0 Å². The van der Waals surface area contributed by atoms with Gasteiger partial charge in [0.05, 0.1) is 5.69 Å². The van der Waals surface area contributed by atoms with Crippen LogP contribution >= 0.6 is 23.5 Å². The molecule has 0 saturated carbocycles. The number of benzene rings is 1. The van der Waals surface area contributed by atoms with Gasteiger partial charge >= 0.3 is 18.1 Å². The number of amides is 3. The fourth-order valence-electron chi connectivity index (χ4n) is 2.45. The first kappa shape index (κ1) is 22.2. The molecule has 3 amide bonds. The van der Waals surface area contributed by atoms with E-state index in [-0.39, 0.29) is 0 Å². The quantitative estimate of drug-likeness (QED) is 0.671. The Labute approximate surface area is 172 Å². The van der Waals surface area contributed by atoms with Gasteiger partial charge in [0.25, 0.3) is 0 Å². The summed E-state index contributed by atoms with van der Waals surface area (Å²) in [5.41, 5.74) is 4.43. The number of urea groups is 1. The molecule has 0 aliphatic carbocycles. The third-order valence-corrected chi connectivity index (χ3v) is 5.36. The van der Waals surface area contributed by atoms with Crippen LogP contribution in [0.15, 0.2) is 29.2 Å². The average Bonchev–Trinajstić information content (AvgIpc) is 2.94. The summed E-state index contributed by atoms with van der Waals surface area (Å²) in [7, 11) is 0. The molecule has 1 aromatic carbocycles. The number of anilines is 1. The Morgan fingerprint density at radius 1 is 1.32 bits per heavy atom. The maximum Gasteiger partial charge on any atom is 0.408 e. The lowest BCUT2D eigenvalue weighted by atomic mass is 10.2. The fourth-order valence-corrected chi connectivity index (χ4v) is 4.04. The van der Waals surface area contributed by atoms with E-state index in [4.69, 9.17) is 15.2 Å². The predicted octanol–water partition coefficient (Wildman–Crippen LogP) is 3.15. The molecule has 0 saturated heterocycles. The largest absolute Gasteiger partial charge is 0.444 e. The third kappa shape index (κ3) is 5.96. The number of fused-ring (bicyclic) bond motifs is 1. The van der Waals surface area contributed by atoms with Crippen molar-refractivity contribution in [2.24, 2.45) is 5.73 Å². The van der Waals surface area contributed by atoms with Crippen LogP contribution in [0.3, 0.4) is 0 Å². The molecular formula is C18H25N3O5S2. The van der Waals surface area contributed by atoms with Crippen LogP contribution in [0.25, 0.3) is 0 Å². The number of nitrogens with one attached hydrogen (secondary N) is 1. The molecule has 3 N–H and O–H groups in total. The predicted molar refractivity (Wildman–Crippen MR) is 110 cm³/mol. The molecular weight excluding hydrogens is 402 g/mol. The normalized spacial score (nSPS) is 16.9. The molecule has 154 valence electrons. The number of ether oxygens (including phenoxy) is 2. The van der Waals surface area contributed by atoms with Crippen molar-refractivity contribution < 1.29 is 23.9 Å². The summed E-state index contributed by atoms with van der Waals surface area (Å²) >= 11 is 2.74. The van der Waals surface area contributed by atoms with Crippen molar-refractivity contribution in [1.29, 1.82) is 0 Å². The van der Waals surface area contributed by atoms with Gasteiger partial charge < -0.3 is 20.5 Å². The van der Waals surface area contributed by atoms with E-state index in [1.807, 2.05) is 18.4 Å². The summed E-state index contributed by atoms with van der Waals surface area (Å²) in [4.78, 5) is 38.7. The number of alkyl carbamates (subject to hydrolysis) is 1. The molecule has 8 nitrogen and oxygen atoms in total. The van der Waals surface area contributed by atoms with Crippen molar-refractivity contribution in [3.8, 4) is 0 Å². The minimum atomic E-state index is -0.931. The Kier molecular flexibility index (Phi) is 7.48. The van der Waals surface area contributed by atoms with E-state index in [0.29, 0.717) is 17.9 Å². The van der Waals surface area contributed by atoms with Gasteiger partial charge in [-0.2, -0.15) is 11.8 Å². The number of para-hydroxylation sites is 1. The minimum Gasteiger partial charge on any atom is -0.444 e. The number of primary amides is 1. The topological polar surface area (TPSA) is 111 Å². The van der Waals surface area contributed by atoms with Crippen LogP contribution in [0.5, 0.6) is 0 Å². The minimum absolute atomic E-state index is 0.361. The molecule has 1 aliphatic rings. The van der Waals surface area contributed by atoms with E-state index in [9.17, 15) is 14.4 Å². The van der Waals surface area contributed by atoms with Crippen LogP contribution in [0.2, 0.25) is 0 Å². The molecule has 0 aromatic heterocycles. The van der Waals surface area contributed by atoms with Gasteiger partial charge in [-0.1, -0.05) is 23.9 Å². The van der Waals surface area contributed by atoms with Gasteiger partial charge in [0, 0.05) is 4.90 Å². The monoisotopic (exact) mass is 427 g/mol. The highest BCUT2D eigenvalue weighted by Gasteiger charge is 2.38. The Morgan fingerprint density at radius 2 is 2.00 bits per heavy atom. The zero-order valence-corrected chi connectivity index (χ0v) is 17.9. The Bertz CT molecular complexity index is 738. The van der Waals surface area contributed by atoms with Gasteiger partial charge in [0.15, 0.2) is 0 Å². The number of hydrogen-bond donors (Lipinski definition) is 2. The highest BCUT2D eigenvalue weighted by molar-refractivity contribution is 8.00. The molecule has 28 heavy (non-hydrogen) atoms. The number of nitrogens with zero attached hydrogens (tertiary/aromatic N) is 1. The molecule has 0 fully saturated rings. The molecule has 0 radical (unpaired) electrons. The highest BCUT2D eigenvalue weighted by Crippen LogP contribution is 2.43. The standard InChI is InChI=1S/C18H25N3O5S2/c1-18(2,3)26-16(24)20-11(9-10-27-4)14(22)25-17-21(15(19)23)12-7-5-6-8-13(12)28-17/h5-8,11,17H,9-10H2,1-4H3,(H2,19,23)(H,20,24)/t11-,17?/m0/s1.